The Morgan fingerprint density at radius 2 is 1.58 bits per heavy atom. The first kappa shape index (κ1) is 10.2. The summed E-state index contributed by atoms with van der Waals surface area (Å²) in [5.74, 6) is 1.01. The molecule has 1 rings (SSSR count). The van der Waals surface area contributed by atoms with Crippen LogP contribution >= 0.6 is 0 Å². The second-order valence-electron chi connectivity index (χ2n) is 3.70. The topological polar surface area (TPSA) is 37.3 Å². The summed E-state index contributed by atoms with van der Waals surface area (Å²) >= 11 is -1.58. The molecular weight excluding hydrogens is 172 g/mol. The molecule has 1 unspecified atom stereocenters. The lowest BCUT2D eigenvalue weighted by Gasteiger charge is -2.17. The molecular formula is C9H18O2S. The summed E-state index contributed by atoms with van der Waals surface area (Å²) in [7, 11) is 0. The second-order valence-corrected chi connectivity index (χ2v) is 4.68. The third kappa shape index (κ3) is 4.21. The van der Waals surface area contributed by atoms with E-state index in [2.05, 4.69) is 0 Å². The van der Waals surface area contributed by atoms with Gasteiger partial charge in [-0.05, 0) is 18.8 Å². The van der Waals surface area contributed by atoms with Crippen LogP contribution < -0.4 is 0 Å². The standard InChI is InChI=1S/C9H18O2S/c10-12(11)8-9-6-4-2-1-3-5-7-9/h9H,1-8H2,(H,10,11). The van der Waals surface area contributed by atoms with Gasteiger partial charge in [0.15, 0.2) is 11.1 Å². The van der Waals surface area contributed by atoms with Crippen LogP contribution in [-0.2, 0) is 11.1 Å². The summed E-state index contributed by atoms with van der Waals surface area (Å²) < 4.78 is 19.3. The zero-order chi connectivity index (χ0) is 8.81. The minimum absolute atomic E-state index is 0.500. The van der Waals surface area contributed by atoms with Crippen molar-refractivity contribution in [2.45, 2.75) is 44.9 Å². The van der Waals surface area contributed by atoms with E-state index in [0.717, 1.165) is 12.8 Å². The average Bonchev–Trinajstić information content (AvgIpc) is 1.93. The van der Waals surface area contributed by atoms with Crippen molar-refractivity contribution in [2.75, 3.05) is 5.75 Å². The molecule has 12 heavy (non-hydrogen) atoms. The van der Waals surface area contributed by atoms with E-state index in [9.17, 15) is 4.21 Å². The summed E-state index contributed by atoms with van der Waals surface area (Å²) in [5.41, 5.74) is 0. The van der Waals surface area contributed by atoms with E-state index in [1.54, 1.807) is 0 Å². The van der Waals surface area contributed by atoms with Gasteiger partial charge >= 0.3 is 0 Å². The molecule has 1 saturated carbocycles. The van der Waals surface area contributed by atoms with E-state index in [0.29, 0.717) is 11.7 Å². The molecule has 0 amide bonds. The Morgan fingerprint density at radius 3 is 2.08 bits per heavy atom. The third-order valence-electron chi connectivity index (χ3n) is 2.60. The van der Waals surface area contributed by atoms with E-state index >= 15 is 0 Å². The van der Waals surface area contributed by atoms with Crippen molar-refractivity contribution in [3.05, 3.63) is 0 Å². The first-order chi connectivity index (χ1) is 5.79. The lowest BCUT2D eigenvalue weighted by atomic mass is 9.93. The lowest BCUT2D eigenvalue weighted by Crippen LogP contribution is -2.12. The summed E-state index contributed by atoms with van der Waals surface area (Å²) in [4.78, 5) is 0. The first-order valence-electron chi connectivity index (χ1n) is 4.86. The Kier molecular flexibility index (Phi) is 4.84. The van der Waals surface area contributed by atoms with Crippen molar-refractivity contribution in [2.24, 2.45) is 5.92 Å². The van der Waals surface area contributed by atoms with Gasteiger partial charge in [-0.1, -0.05) is 32.1 Å². The zero-order valence-corrected chi connectivity index (χ0v) is 8.31. The van der Waals surface area contributed by atoms with Gasteiger partial charge in [0.2, 0.25) is 0 Å². The van der Waals surface area contributed by atoms with Crippen molar-refractivity contribution < 1.29 is 8.76 Å². The van der Waals surface area contributed by atoms with E-state index in [4.69, 9.17) is 4.55 Å². The second kappa shape index (κ2) is 5.70. The molecule has 1 aliphatic carbocycles. The van der Waals surface area contributed by atoms with Crippen LogP contribution in [0.4, 0.5) is 0 Å². The summed E-state index contributed by atoms with van der Waals surface area (Å²) in [6.07, 6.45) is 8.81. The van der Waals surface area contributed by atoms with E-state index in [1.165, 1.54) is 32.1 Å². The Balaban J connectivity index is 2.24. The Morgan fingerprint density at radius 1 is 1.08 bits per heavy atom. The third-order valence-corrected chi connectivity index (χ3v) is 3.36. The quantitative estimate of drug-likeness (QED) is 0.679. The minimum Gasteiger partial charge on any atom is -0.306 e. The molecule has 0 bridgehead atoms. The van der Waals surface area contributed by atoms with Gasteiger partial charge in [-0.3, -0.25) is 0 Å². The van der Waals surface area contributed by atoms with E-state index in [1.807, 2.05) is 0 Å². The van der Waals surface area contributed by atoms with Gasteiger partial charge in [-0.15, -0.1) is 0 Å². The first-order valence-corrected chi connectivity index (χ1v) is 6.14. The highest BCUT2D eigenvalue weighted by molar-refractivity contribution is 7.79. The van der Waals surface area contributed by atoms with Gasteiger partial charge in [0, 0.05) is 0 Å². The van der Waals surface area contributed by atoms with Gasteiger partial charge in [0.25, 0.3) is 0 Å². The highest BCUT2D eigenvalue weighted by atomic mass is 32.2. The number of hydrogen-bond donors (Lipinski definition) is 1. The van der Waals surface area contributed by atoms with Crippen LogP contribution in [0.1, 0.15) is 44.9 Å². The maximum absolute atomic E-state index is 10.6. The zero-order valence-electron chi connectivity index (χ0n) is 7.50. The predicted molar refractivity (Wildman–Crippen MR) is 51.4 cm³/mol. The van der Waals surface area contributed by atoms with Gasteiger partial charge in [0.1, 0.15) is 0 Å². The predicted octanol–water partition coefficient (Wildman–Crippen LogP) is 2.57. The summed E-state index contributed by atoms with van der Waals surface area (Å²) in [6.45, 7) is 0. The monoisotopic (exact) mass is 190 g/mol. The fourth-order valence-corrected chi connectivity index (χ4v) is 2.65. The van der Waals surface area contributed by atoms with Crippen molar-refractivity contribution in [3.63, 3.8) is 0 Å². The molecule has 72 valence electrons. The van der Waals surface area contributed by atoms with E-state index in [-0.39, 0.29) is 0 Å². The highest BCUT2D eigenvalue weighted by Gasteiger charge is 2.13. The highest BCUT2D eigenvalue weighted by Crippen LogP contribution is 2.22. The molecule has 1 fully saturated rings. The van der Waals surface area contributed by atoms with Crippen molar-refractivity contribution in [3.8, 4) is 0 Å². The van der Waals surface area contributed by atoms with Gasteiger partial charge in [-0.25, -0.2) is 4.21 Å². The van der Waals surface area contributed by atoms with Crippen LogP contribution in [0.5, 0.6) is 0 Å². The normalized spacial score (nSPS) is 24.4. The van der Waals surface area contributed by atoms with Gasteiger partial charge in [-0.2, -0.15) is 0 Å². The molecule has 0 radical (unpaired) electrons. The van der Waals surface area contributed by atoms with Gasteiger partial charge in [0.05, 0.1) is 5.75 Å². The fraction of sp³-hybridized carbons (Fsp3) is 1.00. The molecule has 0 spiro atoms. The molecule has 1 N–H and O–H groups in total. The Hall–Kier alpha value is 0.110. The van der Waals surface area contributed by atoms with Gasteiger partial charge < -0.3 is 4.55 Å². The fourth-order valence-electron chi connectivity index (χ4n) is 1.91. The molecule has 1 aliphatic rings. The molecule has 2 nitrogen and oxygen atoms in total. The van der Waals surface area contributed by atoms with Crippen LogP contribution in [0.25, 0.3) is 0 Å². The summed E-state index contributed by atoms with van der Waals surface area (Å²) in [6, 6.07) is 0. The van der Waals surface area contributed by atoms with Crippen LogP contribution in [-0.4, -0.2) is 14.5 Å². The SMILES string of the molecule is O=S(O)CC1CCCCCCC1. The summed E-state index contributed by atoms with van der Waals surface area (Å²) in [5, 5.41) is 0. The molecule has 0 aromatic carbocycles. The largest absolute Gasteiger partial charge is 0.306 e. The van der Waals surface area contributed by atoms with Crippen molar-refractivity contribution in [1.29, 1.82) is 0 Å². The molecule has 0 saturated heterocycles. The maximum Gasteiger partial charge on any atom is 0.153 e. The number of rotatable bonds is 2. The maximum atomic E-state index is 10.6. The van der Waals surface area contributed by atoms with E-state index < -0.39 is 11.1 Å². The Bertz CT molecular complexity index is 139. The lowest BCUT2D eigenvalue weighted by molar-refractivity contribution is 0.401. The smallest absolute Gasteiger partial charge is 0.153 e. The van der Waals surface area contributed by atoms with Crippen LogP contribution in [0, 0.1) is 5.92 Å². The van der Waals surface area contributed by atoms with Crippen LogP contribution in [0.3, 0.4) is 0 Å². The van der Waals surface area contributed by atoms with Crippen LogP contribution in [0.2, 0.25) is 0 Å². The van der Waals surface area contributed by atoms with Crippen molar-refractivity contribution in [1.82, 2.24) is 0 Å². The average molecular weight is 190 g/mol. The minimum atomic E-state index is -1.58. The number of hydrogen-bond acceptors (Lipinski definition) is 1. The molecule has 0 aromatic heterocycles. The molecule has 0 heterocycles. The molecule has 0 aliphatic heterocycles. The molecule has 3 heteroatoms. The molecule has 1 atom stereocenters. The molecule has 0 aromatic rings. The Labute approximate surface area is 77.0 Å². The van der Waals surface area contributed by atoms with Crippen LogP contribution in [0.15, 0.2) is 0 Å². The van der Waals surface area contributed by atoms with Crippen molar-refractivity contribution >= 4 is 11.1 Å².